The molecule has 0 saturated heterocycles. The molecule has 0 fully saturated rings. The van der Waals surface area contributed by atoms with E-state index >= 15 is 0 Å². The monoisotopic (exact) mass is 350 g/mol. The number of carboxylic acids is 1. The molecule has 16 heavy (non-hydrogen) atoms. The van der Waals surface area contributed by atoms with Gasteiger partial charge in [-0.25, -0.2) is 9.36 Å². The summed E-state index contributed by atoms with van der Waals surface area (Å²) in [5.41, 5.74) is 0. The molecule has 0 aliphatic rings. The first-order valence-corrected chi connectivity index (χ1v) is 4.00. The summed E-state index contributed by atoms with van der Waals surface area (Å²) in [7, 11) is -4.81. The third-order valence-corrected chi connectivity index (χ3v) is 0.627. The van der Waals surface area contributed by atoms with Gasteiger partial charge in [-0.1, -0.05) is 4.73 Å². The Bertz CT molecular complexity index is 209. The minimum absolute atomic E-state index is 0. The number of carboxylic acid groups (broad SMARTS) is 1. The van der Waals surface area contributed by atoms with Crippen molar-refractivity contribution in [2.75, 3.05) is 0 Å². The van der Waals surface area contributed by atoms with Crippen LogP contribution in [0.5, 0.6) is 0 Å². The SMILES string of the molecule is CC(O)C(=O)O.Cl.O=P(O)(O)OF.[Ca+2].[Ca+2].[H-].[H-].[H-].[H-].[H-].[Na+]. The van der Waals surface area contributed by atoms with Gasteiger partial charge in [0.05, 0.1) is 0 Å². The Morgan fingerprint density at radius 3 is 1.56 bits per heavy atom. The Hall–Kier alpha value is 3.28. The van der Waals surface area contributed by atoms with Crippen LogP contribution >= 0.6 is 20.2 Å². The van der Waals surface area contributed by atoms with Crippen molar-refractivity contribution in [1.29, 1.82) is 0 Å². The van der Waals surface area contributed by atoms with Gasteiger partial charge in [0, 0.05) is 0 Å². The molecule has 0 aromatic carbocycles. The molecule has 0 radical (unpaired) electrons. The number of aliphatic hydroxyl groups excluding tert-OH is 1. The predicted molar refractivity (Wildman–Crippen MR) is 57.9 cm³/mol. The molecule has 0 rings (SSSR count). The zero-order valence-corrected chi connectivity index (χ0v) is 16.9. The Kier molecular flexibility index (Phi) is 47.0. The zero-order chi connectivity index (χ0) is 10.4. The molecule has 0 aromatic heterocycles. The number of carbonyl (C=O) groups is 1. The second-order valence-corrected chi connectivity index (χ2v) is 2.69. The van der Waals surface area contributed by atoms with E-state index < -0.39 is 19.9 Å². The van der Waals surface area contributed by atoms with Gasteiger partial charge in [0.15, 0.2) is 0 Å². The van der Waals surface area contributed by atoms with E-state index in [2.05, 4.69) is 4.73 Å². The van der Waals surface area contributed by atoms with Gasteiger partial charge in [0.25, 0.3) is 0 Å². The molecule has 0 bridgehead atoms. The Morgan fingerprint density at radius 2 is 1.56 bits per heavy atom. The second-order valence-electron chi connectivity index (χ2n) is 1.57. The normalized spacial score (nSPS) is 9.56. The standard InChI is InChI=1S/C3H6O3.2Ca.ClH.FH2O4P.Na.5H/c1-2(4)3(5)6;;;;1-5-6(2,3)4;;;;;;/h2,4H,1H3,(H,5,6);;;1H;(H2,2,3,4);;;;;;/q;2*+2;;;+1;5*-1. The Morgan fingerprint density at radius 1 is 1.44 bits per heavy atom. The van der Waals surface area contributed by atoms with E-state index in [1.807, 2.05) is 0 Å². The number of rotatable bonds is 2. The molecule has 0 saturated carbocycles. The molecular formula is C3H14Ca2ClFNaO7P. The molecule has 0 aliphatic heterocycles. The summed E-state index contributed by atoms with van der Waals surface area (Å²) in [5, 5.41) is 15.8. The van der Waals surface area contributed by atoms with Crippen LogP contribution in [0.25, 0.3) is 0 Å². The Balaban J connectivity index is -0.00000000741. The summed E-state index contributed by atoms with van der Waals surface area (Å²) in [6, 6.07) is 0. The third kappa shape index (κ3) is 43.3. The van der Waals surface area contributed by atoms with Crippen molar-refractivity contribution in [2.24, 2.45) is 0 Å². The van der Waals surface area contributed by atoms with Crippen LogP contribution in [-0.4, -0.2) is 108 Å². The van der Waals surface area contributed by atoms with Gasteiger partial charge in [0.2, 0.25) is 0 Å². The van der Waals surface area contributed by atoms with Crippen LogP contribution in [0.3, 0.4) is 0 Å². The van der Waals surface area contributed by atoms with E-state index in [4.69, 9.17) is 24.6 Å². The van der Waals surface area contributed by atoms with Gasteiger partial charge in [-0.2, -0.15) is 0 Å². The predicted octanol–water partition coefficient (Wildman–Crippen LogP) is -3.34. The second kappa shape index (κ2) is 20.6. The maximum Gasteiger partial charge on any atom is 2.00 e. The first kappa shape index (κ1) is 36.5. The number of aliphatic carboxylic acids is 1. The molecule has 1 unspecified atom stereocenters. The van der Waals surface area contributed by atoms with Crippen molar-refractivity contribution in [3.63, 3.8) is 0 Å². The fraction of sp³-hybridized carbons (Fsp3) is 0.667. The molecule has 4 N–H and O–H groups in total. The number of hydrogen-bond acceptors (Lipinski definition) is 4. The number of aliphatic hydroxyl groups is 1. The van der Waals surface area contributed by atoms with Crippen molar-refractivity contribution in [2.45, 2.75) is 13.0 Å². The minimum atomic E-state index is -4.81. The minimum Gasteiger partial charge on any atom is -1.00 e. The van der Waals surface area contributed by atoms with Crippen LogP contribution in [0.1, 0.15) is 14.1 Å². The largest absolute Gasteiger partial charge is 2.00 e. The summed E-state index contributed by atoms with van der Waals surface area (Å²) < 4.78 is 21.4. The van der Waals surface area contributed by atoms with Gasteiger partial charge in [0.1, 0.15) is 6.10 Å². The van der Waals surface area contributed by atoms with Crippen LogP contribution < -0.4 is 29.6 Å². The van der Waals surface area contributed by atoms with Gasteiger partial charge < -0.3 is 27.1 Å². The number of halogens is 2. The van der Waals surface area contributed by atoms with Crippen molar-refractivity contribution in [3.05, 3.63) is 0 Å². The molecular weight excluding hydrogens is 337 g/mol. The van der Waals surface area contributed by atoms with E-state index in [-0.39, 0.29) is 125 Å². The molecule has 0 amide bonds. The van der Waals surface area contributed by atoms with Gasteiger partial charge in [-0.3, -0.25) is 0 Å². The van der Waals surface area contributed by atoms with E-state index in [0.29, 0.717) is 0 Å². The van der Waals surface area contributed by atoms with Crippen LogP contribution in [-0.2, 0) is 14.1 Å². The average Bonchev–Trinajstić information content (AvgIpc) is 1.87. The summed E-state index contributed by atoms with van der Waals surface area (Å²) in [5.74, 6) is -1.19. The molecule has 1 atom stereocenters. The van der Waals surface area contributed by atoms with Crippen LogP contribution in [0.2, 0.25) is 0 Å². The fourth-order valence-corrected chi connectivity index (χ4v) is 0. The third-order valence-electron chi connectivity index (χ3n) is 0.447. The topological polar surface area (TPSA) is 124 Å². The van der Waals surface area contributed by atoms with Crippen LogP contribution in [0, 0.1) is 0 Å². The number of phosphoric acid groups is 1. The summed E-state index contributed by atoms with van der Waals surface area (Å²) in [4.78, 5) is 24.1. The van der Waals surface area contributed by atoms with E-state index in [0.717, 1.165) is 0 Å². The first-order valence-electron chi connectivity index (χ1n) is 2.47. The first-order chi connectivity index (χ1) is 5.20. The molecule has 0 heterocycles. The summed E-state index contributed by atoms with van der Waals surface area (Å²) >= 11 is 0. The average molecular weight is 351 g/mol. The molecule has 92 valence electrons. The summed E-state index contributed by atoms with van der Waals surface area (Å²) in [6.45, 7) is 1.20. The maximum absolute atomic E-state index is 10.2. The van der Waals surface area contributed by atoms with Crippen molar-refractivity contribution >= 4 is 102 Å². The molecule has 7 nitrogen and oxygen atoms in total. The molecule has 0 aromatic rings. The van der Waals surface area contributed by atoms with Crippen molar-refractivity contribution in [3.8, 4) is 0 Å². The van der Waals surface area contributed by atoms with E-state index in [1.165, 1.54) is 6.92 Å². The quantitative estimate of drug-likeness (QED) is 0.303. The van der Waals surface area contributed by atoms with Gasteiger partial charge in [-0.15, -0.1) is 12.4 Å². The number of hydrogen-bond donors (Lipinski definition) is 4. The zero-order valence-electron chi connectivity index (χ0n) is 13.7. The van der Waals surface area contributed by atoms with Gasteiger partial charge in [-0.05, 0) is 11.4 Å². The van der Waals surface area contributed by atoms with Crippen LogP contribution in [0.15, 0.2) is 0 Å². The molecule has 0 aliphatic carbocycles. The van der Waals surface area contributed by atoms with Crippen LogP contribution in [0.4, 0.5) is 4.53 Å². The fourth-order valence-electron chi connectivity index (χ4n) is 0. The maximum atomic E-state index is 10.2. The Labute approximate surface area is 187 Å². The molecule has 13 heteroatoms. The summed E-state index contributed by atoms with van der Waals surface area (Å²) in [6.07, 6.45) is -1.23. The van der Waals surface area contributed by atoms with E-state index in [9.17, 15) is 9.32 Å². The van der Waals surface area contributed by atoms with Crippen molar-refractivity contribution < 1.29 is 75.3 Å². The van der Waals surface area contributed by atoms with Gasteiger partial charge >= 0.3 is 119 Å². The van der Waals surface area contributed by atoms with Crippen molar-refractivity contribution in [1.82, 2.24) is 0 Å². The molecule has 0 spiro atoms. The smallest absolute Gasteiger partial charge is 1.00 e. The van der Waals surface area contributed by atoms with E-state index in [1.54, 1.807) is 0 Å².